The van der Waals surface area contributed by atoms with Gasteiger partial charge in [-0.3, -0.25) is 25.2 Å². The molecule has 0 radical (unpaired) electrons. The minimum Gasteiger partial charge on any atom is -0.497 e. The number of carbonyl (C=O) groups is 3. The molecule has 8 nitrogen and oxygen atoms in total. The second kappa shape index (κ2) is 11.6. The van der Waals surface area contributed by atoms with E-state index < -0.39 is 5.91 Å². The Balaban J connectivity index is 1.38. The summed E-state index contributed by atoms with van der Waals surface area (Å²) >= 11 is 6.07. The van der Waals surface area contributed by atoms with Gasteiger partial charge in [0.15, 0.2) is 0 Å². The van der Waals surface area contributed by atoms with Crippen LogP contribution in [0.5, 0.6) is 5.75 Å². The highest BCUT2D eigenvalue weighted by molar-refractivity contribution is 6.30. The summed E-state index contributed by atoms with van der Waals surface area (Å²) in [6.45, 7) is 4.58. The molecular weight excluding hydrogens is 444 g/mol. The zero-order chi connectivity index (χ0) is 23.8. The number of hydrogen-bond donors (Lipinski definition) is 2. The van der Waals surface area contributed by atoms with Crippen molar-refractivity contribution >= 4 is 35.0 Å². The van der Waals surface area contributed by atoms with Crippen molar-refractivity contribution < 1.29 is 19.1 Å². The van der Waals surface area contributed by atoms with E-state index in [4.69, 9.17) is 16.3 Å². The van der Waals surface area contributed by atoms with Crippen molar-refractivity contribution in [3.8, 4) is 5.75 Å². The molecule has 176 valence electrons. The Kier molecular flexibility index (Phi) is 8.54. The van der Waals surface area contributed by atoms with Crippen LogP contribution in [-0.4, -0.2) is 55.9 Å². The van der Waals surface area contributed by atoms with Crippen LogP contribution in [0.2, 0.25) is 5.02 Å². The van der Waals surface area contributed by atoms with Crippen molar-refractivity contribution in [1.82, 2.24) is 15.8 Å². The molecule has 1 unspecified atom stereocenters. The number of nitrogens with one attached hydrogen (secondary N) is 2. The SMILES string of the molecule is COc1ccc(C(=O)NNC(=O)CC(C)CC(=O)N2CCN(c3cccc(Cl)c3)CC2)cc1. The van der Waals surface area contributed by atoms with Crippen LogP contribution in [0.4, 0.5) is 5.69 Å². The number of benzene rings is 2. The molecule has 2 N–H and O–H groups in total. The molecule has 1 saturated heterocycles. The third kappa shape index (κ3) is 7.12. The molecule has 1 atom stereocenters. The number of methoxy groups -OCH3 is 1. The van der Waals surface area contributed by atoms with Gasteiger partial charge in [-0.15, -0.1) is 0 Å². The summed E-state index contributed by atoms with van der Waals surface area (Å²) in [4.78, 5) is 41.0. The maximum absolute atomic E-state index is 12.7. The van der Waals surface area contributed by atoms with Crippen molar-refractivity contribution in [2.75, 3.05) is 38.2 Å². The number of ether oxygens (including phenoxy) is 1. The van der Waals surface area contributed by atoms with Crippen LogP contribution in [0.15, 0.2) is 48.5 Å². The van der Waals surface area contributed by atoms with Gasteiger partial charge < -0.3 is 14.5 Å². The molecule has 33 heavy (non-hydrogen) atoms. The Morgan fingerprint density at radius 2 is 1.70 bits per heavy atom. The summed E-state index contributed by atoms with van der Waals surface area (Å²) in [5.41, 5.74) is 6.25. The highest BCUT2D eigenvalue weighted by Gasteiger charge is 2.23. The molecule has 0 spiro atoms. The van der Waals surface area contributed by atoms with Gasteiger partial charge in [0, 0.05) is 55.3 Å². The second-order valence-corrected chi connectivity index (χ2v) is 8.53. The molecule has 1 aliphatic rings. The summed E-state index contributed by atoms with van der Waals surface area (Å²) in [7, 11) is 1.54. The van der Waals surface area contributed by atoms with Crippen LogP contribution in [0.1, 0.15) is 30.1 Å². The summed E-state index contributed by atoms with van der Waals surface area (Å²) < 4.78 is 5.06. The molecule has 0 bridgehead atoms. The van der Waals surface area contributed by atoms with Crippen LogP contribution in [0.3, 0.4) is 0 Å². The fraction of sp³-hybridized carbons (Fsp3) is 0.375. The number of hydrogen-bond acceptors (Lipinski definition) is 5. The monoisotopic (exact) mass is 472 g/mol. The van der Waals surface area contributed by atoms with Gasteiger partial charge in [0.1, 0.15) is 5.75 Å². The van der Waals surface area contributed by atoms with Gasteiger partial charge in [0.25, 0.3) is 5.91 Å². The summed E-state index contributed by atoms with van der Waals surface area (Å²) in [6, 6.07) is 14.2. The lowest BCUT2D eigenvalue weighted by molar-refractivity contribution is -0.132. The van der Waals surface area contributed by atoms with Crippen LogP contribution >= 0.6 is 11.6 Å². The molecule has 9 heteroatoms. The van der Waals surface area contributed by atoms with E-state index in [0.29, 0.717) is 29.4 Å². The summed E-state index contributed by atoms with van der Waals surface area (Å²) in [5, 5.41) is 0.693. The average Bonchev–Trinajstić information content (AvgIpc) is 2.82. The maximum Gasteiger partial charge on any atom is 0.269 e. The number of hydrazine groups is 1. The number of amides is 3. The minimum absolute atomic E-state index is 0.0308. The Morgan fingerprint density at radius 1 is 1.00 bits per heavy atom. The second-order valence-electron chi connectivity index (χ2n) is 8.09. The molecular formula is C24H29ClN4O4. The van der Waals surface area contributed by atoms with E-state index in [-0.39, 0.29) is 30.6 Å². The Hall–Kier alpha value is -3.26. The first-order valence-corrected chi connectivity index (χ1v) is 11.2. The number of nitrogens with zero attached hydrogens (tertiary/aromatic N) is 2. The van der Waals surface area contributed by atoms with Gasteiger partial charge in [0.2, 0.25) is 11.8 Å². The predicted molar refractivity (Wildman–Crippen MR) is 127 cm³/mol. The lowest BCUT2D eigenvalue weighted by Gasteiger charge is -2.36. The largest absolute Gasteiger partial charge is 0.497 e. The normalized spacial score (nSPS) is 14.4. The number of halogens is 1. The van der Waals surface area contributed by atoms with Gasteiger partial charge in [-0.1, -0.05) is 24.6 Å². The molecule has 3 rings (SSSR count). The first kappa shape index (κ1) is 24.4. The van der Waals surface area contributed by atoms with Crippen molar-refractivity contribution in [2.24, 2.45) is 5.92 Å². The lowest BCUT2D eigenvalue weighted by atomic mass is 10.0. The smallest absolute Gasteiger partial charge is 0.269 e. The van der Waals surface area contributed by atoms with Crippen LogP contribution in [0.25, 0.3) is 0 Å². The first-order valence-electron chi connectivity index (χ1n) is 10.9. The van der Waals surface area contributed by atoms with E-state index in [9.17, 15) is 14.4 Å². The molecule has 2 aromatic carbocycles. The van der Waals surface area contributed by atoms with E-state index in [0.717, 1.165) is 18.8 Å². The van der Waals surface area contributed by atoms with Crippen molar-refractivity contribution in [3.63, 3.8) is 0 Å². The molecule has 0 aliphatic carbocycles. The maximum atomic E-state index is 12.7. The number of piperazine rings is 1. The van der Waals surface area contributed by atoms with E-state index in [1.807, 2.05) is 36.1 Å². The van der Waals surface area contributed by atoms with Crippen molar-refractivity contribution in [3.05, 3.63) is 59.1 Å². The van der Waals surface area contributed by atoms with E-state index in [1.165, 1.54) is 0 Å². The molecule has 3 amide bonds. The molecule has 0 aromatic heterocycles. The summed E-state index contributed by atoms with van der Waals surface area (Å²) in [6.07, 6.45) is 0.411. The van der Waals surface area contributed by atoms with Crippen LogP contribution < -0.4 is 20.5 Å². The third-order valence-electron chi connectivity index (χ3n) is 5.53. The first-order chi connectivity index (χ1) is 15.9. The van der Waals surface area contributed by atoms with Crippen molar-refractivity contribution in [2.45, 2.75) is 19.8 Å². The van der Waals surface area contributed by atoms with E-state index in [1.54, 1.807) is 31.4 Å². The Labute approximate surface area is 198 Å². The Morgan fingerprint density at radius 3 is 2.33 bits per heavy atom. The van der Waals surface area contributed by atoms with E-state index >= 15 is 0 Å². The Bertz CT molecular complexity index is 975. The minimum atomic E-state index is -0.424. The molecule has 1 fully saturated rings. The van der Waals surface area contributed by atoms with Crippen molar-refractivity contribution in [1.29, 1.82) is 0 Å². The number of anilines is 1. The number of rotatable bonds is 7. The molecule has 2 aromatic rings. The zero-order valence-corrected chi connectivity index (χ0v) is 19.6. The van der Waals surface area contributed by atoms with Gasteiger partial charge in [0.05, 0.1) is 7.11 Å². The van der Waals surface area contributed by atoms with Crippen LogP contribution in [0, 0.1) is 5.92 Å². The zero-order valence-electron chi connectivity index (χ0n) is 18.8. The van der Waals surface area contributed by atoms with E-state index in [2.05, 4.69) is 15.8 Å². The lowest BCUT2D eigenvalue weighted by Crippen LogP contribution is -2.49. The predicted octanol–water partition coefficient (Wildman–Crippen LogP) is 2.87. The van der Waals surface area contributed by atoms with Gasteiger partial charge in [-0.2, -0.15) is 0 Å². The highest BCUT2D eigenvalue weighted by atomic mass is 35.5. The van der Waals surface area contributed by atoms with Gasteiger partial charge in [-0.25, -0.2) is 0 Å². The molecule has 0 saturated carbocycles. The van der Waals surface area contributed by atoms with Gasteiger partial charge >= 0.3 is 0 Å². The summed E-state index contributed by atoms with van der Waals surface area (Å²) in [5.74, 6) is -0.250. The standard InChI is InChI=1S/C24H29ClN4O4/c1-17(14-22(30)26-27-24(32)18-6-8-21(33-2)9-7-18)15-23(31)29-12-10-28(11-13-29)20-5-3-4-19(25)16-20/h3-9,16-17H,10-15H2,1-2H3,(H,26,30)(H,27,32). The van der Waals surface area contributed by atoms with Crippen LogP contribution in [-0.2, 0) is 9.59 Å². The van der Waals surface area contributed by atoms with Gasteiger partial charge in [-0.05, 0) is 48.4 Å². The molecule has 1 heterocycles. The topological polar surface area (TPSA) is 91.0 Å². The number of carbonyl (C=O) groups excluding carboxylic acids is 3. The fourth-order valence-electron chi connectivity index (χ4n) is 3.69. The third-order valence-corrected chi connectivity index (χ3v) is 5.77. The quantitative estimate of drug-likeness (QED) is 0.605. The fourth-order valence-corrected chi connectivity index (χ4v) is 3.88. The average molecular weight is 473 g/mol. The highest BCUT2D eigenvalue weighted by Crippen LogP contribution is 2.21. The molecule has 1 aliphatic heterocycles.